The third-order valence-electron chi connectivity index (χ3n) is 1.77. The minimum atomic E-state index is -2.90. The summed E-state index contributed by atoms with van der Waals surface area (Å²) < 4.78 is 21.7. The van der Waals surface area contributed by atoms with Crippen molar-refractivity contribution in [3.05, 3.63) is 23.9 Å². The van der Waals surface area contributed by atoms with Gasteiger partial charge in [0.25, 0.3) is 0 Å². The predicted octanol–water partition coefficient (Wildman–Crippen LogP) is 0.847. The number of rotatable bonds is 4. The monoisotopic (exact) mass is 214 g/mol. The molecule has 0 aliphatic rings. The molecule has 1 heterocycles. The van der Waals surface area contributed by atoms with Gasteiger partial charge in [0.2, 0.25) is 0 Å². The van der Waals surface area contributed by atoms with E-state index in [2.05, 4.69) is 10.3 Å². The summed E-state index contributed by atoms with van der Waals surface area (Å²) in [6, 6.07) is 3.77. The highest BCUT2D eigenvalue weighted by atomic mass is 32.2. The Labute approximate surface area is 84.3 Å². The Morgan fingerprint density at radius 1 is 1.50 bits per heavy atom. The zero-order chi connectivity index (χ0) is 10.6. The maximum absolute atomic E-state index is 10.8. The number of aryl methyl sites for hydroxylation is 1. The fourth-order valence-electron chi connectivity index (χ4n) is 1.03. The van der Waals surface area contributed by atoms with Gasteiger partial charge in [-0.05, 0) is 18.6 Å². The second-order valence-electron chi connectivity index (χ2n) is 3.23. The number of hydrogen-bond acceptors (Lipinski definition) is 4. The van der Waals surface area contributed by atoms with E-state index in [1.54, 1.807) is 6.20 Å². The summed E-state index contributed by atoms with van der Waals surface area (Å²) in [5.74, 6) is 0.874. The standard InChI is InChI=1S/C9H14N2O2S/c1-8-4-3-5-10-9(8)11-6-7-14(2,12)13/h3-5H,6-7H2,1-2H3,(H,10,11). The molecule has 1 rings (SSSR count). The second kappa shape index (κ2) is 4.41. The van der Waals surface area contributed by atoms with Crippen LogP contribution in [0.15, 0.2) is 18.3 Å². The molecule has 0 unspecified atom stereocenters. The molecule has 1 aromatic rings. The summed E-state index contributed by atoms with van der Waals surface area (Å²) in [6.07, 6.45) is 2.90. The largest absolute Gasteiger partial charge is 0.369 e. The lowest BCUT2D eigenvalue weighted by atomic mass is 10.3. The predicted molar refractivity (Wildman–Crippen MR) is 57.2 cm³/mol. The van der Waals surface area contributed by atoms with Gasteiger partial charge in [0.15, 0.2) is 0 Å². The number of aromatic nitrogens is 1. The van der Waals surface area contributed by atoms with Crippen LogP contribution in [0.1, 0.15) is 5.56 Å². The van der Waals surface area contributed by atoms with Crippen LogP contribution in [-0.2, 0) is 9.84 Å². The maximum atomic E-state index is 10.8. The topological polar surface area (TPSA) is 59.1 Å². The normalized spacial score (nSPS) is 11.3. The van der Waals surface area contributed by atoms with Crippen molar-refractivity contribution in [3.63, 3.8) is 0 Å². The number of hydrogen-bond donors (Lipinski definition) is 1. The molecule has 0 bridgehead atoms. The van der Waals surface area contributed by atoms with E-state index in [9.17, 15) is 8.42 Å². The zero-order valence-corrected chi connectivity index (χ0v) is 9.13. The molecule has 14 heavy (non-hydrogen) atoms. The van der Waals surface area contributed by atoms with Gasteiger partial charge in [-0.25, -0.2) is 13.4 Å². The molecule has 0 aliphatic carbocycles. The Hall–Kier alpha value is -1.10. The molecule has 0 radical (unpaired) electrons. The van der Waals surface area contributed by atoms with Crippen LogP contribution in [0, 0.1) is 6.92 Å². The average Bonchev–Trinajstić information content (AvgIpc) is 2.06. The van der Waals surface area contributed by atoms with Crippen LogP contribution >= 0.6 is 0 Å². The first-order chi connectivity index (χ1) is 6.49. The Morgan fingerprint density at radius 2 is 2.21 bits per heavy atom. The molecule has 1 N–H and O–H groups in total. The highest BCUT2D eigenvalue weighted by Crippen LogP contribution is 2.08. The van der Waals surface area contributed by atoms with Gasteiger partial charge in [-0.3, -0.25) is 0 Å². The van der Waals surface area contributed by atoms with Gasteiger partial charge in [0.05, 0.1) is 5.75 Å². The fraction of sp³-hybridized carbons (Fsp3) is 0.444. The number of anilines is 1. The van der Waals surface area contributed by atoms with Crippen molar-refractivity contribution in [1.29, 1.82) is 0 Å². The lowest BCUT2D eigenvalue weighted by Gasteiger charge is -2.06. The second-order valence-corrected chi connectivity index (χ2v) is 5.49. The molecule has 0 saturated carbocycles. The highest BCUT2D eigenvalue weighted by molar-refractivity contribution is 7.90. The third-order valence-corrected chi connectivity index (χ3v) is 2.72. The van der Waals surface area contributed by atoms with E-state index in [0.717, 1.165) is 11.4 Å². The molecular formula is C9H14N2O2S. The fourth-order valence-corrected chi connectivity index (χ4v) is 1.50. The molecule has 5 heteroatoms. The molecule has 0 aromatic carbocycles. The molecule has 0 aliphatic heterocycles. The van der Waals surface area contributed by atoms with Gasteiger partial charge < -0.3 is 5.32 Å². The number of pyridine rings is 1. The van der Waals surface area contributed by atoms with E-state index in [0.29, 0.717) is 6.54 Å². The zero-order valence-electron chi connectivity index (χ0n) is 8.32. The van der Waals surface area contributed by atoms with Crippen molar-refractivity contribution in [2.24, 2.45) is 0 Å². The van der Waals surface area contributed by atoms with Crippen LogP contribution < -0.4 is 5.32 Å². The molecule has 0 fully saturated rings. The Morgan fingerprint density at radius 3 is 2.79 bits per heavy atom. The van der Waals surface area contributed by atoms with Gasteiger partial charge in [-0.1, -0.05) is 6.07 Å². The lowest BCUT2D eigenvalue weighted by Crippen LogP contribution is -2.15. The van der Waals surface area contributed by atoms with E-state index in [1.807, 2.05) is 19.1 Å². The maximum Gasteiger partial charge on any atom is 0.149 e. The van der Waals surface area contributed by atoms with Crippen LogP contribution in [0.5, 0.6) is 0 Å². The first kappa shape index (κ1) is 11.0. The Kier molecular flexibility index (Phi) is 3.46. The molecule has 0 spiro atoms. The molecular weight excluding hydrogens is 200 g/mol. The van der Waals surface area contributed by atoms with Gasteiger partial charge >= 0.3 is 0 Å². The first-order valence-corrected chi connectivity index (χ1v) is 6.38. The molecule has 4 nitrogen and oxygen atoms in total. The number of sulfone groups is 1. The van der Waals surface area contributed by atoms with Gasteiger partial charge in [-0.2, -0.15) is 0 Å². The Balaban J connectivity index is 2.51. The van der Waals surface area contributed by atoms with Crippen LogP contribution in [-0.4, -0.2) is 32.0 Å². The lowest BCUT2D eigenvalue weighted by molar-refractivity contribution is 0.602. The van der Waals surface area contributed by atoms with Crippen molar-refractivity contribution in [3.8, 4) is 0 Å². The van der Waals surface area contributed by atoms with Crippen molar-refractivity contribution < 1.29 is 8.42 Å². The van der Waals surface area contributed by atoms with Crippen LogP contribution in [0.25, 0.3) is 0 Å². The summed E-state index contributed by atoms with van der Waals surface area (Å²) in [7, 11) is -2.90. The molecule has 78 valence electrons. The SMILES string of the molecule is Cc1cccnc1NCCS(C)(=O)=O. The van der Waals surface area contributed by atoms with Crippen molar-refractivity contribution >= 4 is 15.7 Å². The van der Waals surface area contributed by atoms with Crippen molar-refractivity contribution in [2.75, 3.05) is 23.9 Å². The van der Waals surface area contributed by atoms with Crippen LogP contribution in [0.3, 0.4) is 0 Å². The molecule has 1 aromatic heterocycles. The third kappa shape index (κ3) is 3.74. The molecule has 0 atom stereocenters. The van der Waals surface area contributed by atoms with Crippen molar-refractivity contribution in [1.82, 2.24) is 4.98 Å². The minimum absolute atomic E-state index is 0.128. The van der Waals surface area contributed by atoms with Gasteiger partial charge in [-0.15, -0.1) is 0 Å². The average molecular weight is 214 g/mol. The minimum Gasteiger partial charge on any atom is -0.369 e. The van der Waals surface area contributed by atoms with E-state index >= 15 is 0 Å². The number of nitrogens with zero attached hydrogens (tertiary/aromatic N) is 1. The van der Waals surface area contributed by atoms with Crippen molar-refractivity contribution in [2.45, 2.75) is 6.92 Å². The first-order valence-electron chi connectivity index (χ1n) is 4.32. The summed E-state index contributed by atoms with van der Waals surface area (Å²) in [4.78, 5) is 4.09. The quantitative estimate of drug-likeness (QED) is 0.807. The molecule has 0 amide bonds. The van der Waals surface area contributed by atoms with Gasteiger partial charge in [0, 0.05) is 19.0 Å². The summed E-state index contributed by atoms with van der Waals surface area (Å²) in [6.45, 7) is 2.33. The Bertz CT molecular complexity index is 401. The van der Waals surface area contributed by atoms with Gasteiger partial charge in [0.1, 0.15) is 15.7 Å². The summed E-state index contributed by atoms with van der Waals surface area (Å²) in [5, 5.41) is 2.98. The molecule has 0 saturated heterocycles. The van der Waals surface area contributed by atoms with Crippen LogP contribution in [0.2, 0.25) is 0 Å². The smallest absolute Gasteiger partial charge is 0.149 e. The van der Waals surface area contributed by atoms with E-state index < -0.39 is 9.84 Å². The van der Waals surface area contributed by atoms with E-state index in [4.69, 9.17) is 0 Å². The highest BCUT2D eigenvalue weighted by Gasteiger charge is 2.02. The van der Waals surface area contributed by atoms with E-state index in [1.165, 1.54) is 6.26 Å². The summed E-state index contributed by atoms with van der Waals surface area (Å²) >= 11 is 0. The van der Waals surface area contributed by atoms with Crippen LogP contribution in [0.4, 0.5) is 5.82 Å². The number of nitrogens with one attached hydrogen (secondary N) is 1. The summed E-state index contributed by atoms with van der Waals surface area (Å²) in [5.41, 5.74) is 1.01. The van der Waals surface area contributed by atoms with E-state index in [-0.39, 0.29) is 5.75 Å².